The molecular formula is C11H18ClN3O. The van der Waals surface area contributed by atoms with E-state index in [1.807, 2.05) is 6.92 Å². The van der Waals surface area contributed by atoms with E-state index in [2.05, 4.69) is 15.3 Å². The van der Waals surface area contributed by atoms with E-state index in [1.165, 1.54) is 0 Å². The summed E-state index contributed by atoms with van der Waals surface area (Å²) < 4.78 is 4.98. The fourth-order valence-corrected chi connectivity index (χ4v) is 1.50. The van der Waals surface area contributed by atoms with Crippen LogP contribution in [0.2, 0.25) is 5.15 Å². The van der Waals surface area contributed by atoms with Crippen LogP contribution in [0.3, 0.4) is 0 Å². The van der Waals surface area contributed by atoms with Crippen LogP contribution in [-0.4, -0.2) is 30.2 Å². The maximum absolute atomic E-state index is 5.88. The van der Waals surface area contributed by atoms with Crippen molar-refractivity contribution in [2.45, 2.75) is 26.2 Å². The van der Waals surface area contributed by atoms with Gasteiger partial charge in [-0.1, -0.05) is 18.5 Å². The third kappa shape index (κ3) is 4.77. The Morgan fingerprint density at radius 2 is 2.19 bits per heavy atom. The third-order valence-corrected chi connectivity index (χ3v) is 2.33. The number of anilines is 1. The van der Waals surface area contributed by atoms with Gasteiger partial charge in [0.25, 0.3) is 0 Å². The summed E-state index contributed by atoms with van der Waals surface area (Å²) in [5, 5.41) is 3.72. The molecule has 1 aromatic heterocycles. The fraction of sp³-hybridized carbons (Fsp3) is 0.636. The number of hydrogen-bond acceptors (Lipinski definition) is 4. The van der Waals surface area contributed by atoms with Gasteiger partial charge < -0.3 is 10.1 Å². The number of unbranched alkanes of at least 4 members (excludes halogenated alkanes) is 1. The lowest BCUT2D eigenvalue weighted by Crippen LogP contribution is -2.06. The second-order valence-corrected chi connectivity index (χ2v) is 3.86. The van der Waals surface area contributed by atoms with Crippen LogP contribution in [0.1, 0.15) is 25.6 Å². The van der Waals surface area contributed by atoms with Crippen LogP contribution in [0.5, 0.6) is 0 Å². The Hall–Kier alpha value is -0.870. The van der Waals surface area contributed by atoms with Crippen LogP contribution in [0.4, 0.5) is 5.82 Å². The molecule has 1 heterocycles. The van der Waals surface area contributed by atoms with Crippen LogP contribution in [0.15, 0.2) is 6.07 Å². The van der Waals surface area contributed by atoms with Crippen LogP contribution >= 0.6 is 11.6 Å². The van der Waals surface area contributed by atoms with Gasteiger partial charge in [0.15, 0.2) is 0 Å². The molecule has 0 aliphatic heterocycles. The summed E-state index contributed by atoms with van der Waals surface area (Å²) in [6.07, 6.45) is 2.89. The van der Waals surface area contributed by atoms with E-state index in [9.17, 15) is 0 Å². The van der Waals surface area contributed by atoms with Gasteiger partial charge in [-0.05, 0) is 12.8 Å². The summed E-state index contributed by atoms with van der Waals surface area (Å²) in [6, 6.07) is 1.75. The van der Waals surface area contributed by atoms with Gasteiger partial charge in [-0.2, -0.15) is 0 Å². The van der Waals surface area contributed by atoms with Crippen LogP contribution in [-0.2, 0) is 11.2 Å². The lowest BCUT2D eigenvalue weighted by Gasteiger charge is -2.06. The van der Waals surface area contributed by atoms with Gasteiger partial charge in [0, 0.05) is 32.7 Å². The van der Waals surface area contributed by atoms with Crippen molar-refractivity contribution in [1.82, 2.24) is 9.97 Å². The Labute approximate surface area is 101 Å². The highest BCUT2D eigenvalue weighted by atomic mass is 35.5. The highest BCUT2D eigenvalue weighted by Crippen LogP contribution is 2.11. The van der Waals surface area contributed by atoms with E-state index >= 15 is 0 Å². The molecule has 0 saturated carbocycles. The monoisotopic (exact) mass is 243 g/mol. The average molecular weight is 244 g/mol. The van der Waals surface area contributed by atoms with Gasteiger partial charge in [0.05, 0.1) is 0 Å². The highest BCUT2D eigenvalue weighted by Gasteiger charge is 2.00. The minimum atomic E-state index is 0.492. The molecule has 0 spiro atoms. The Morgan fingerprint density at radius 3 is 2.88 bits per heavy atom. The van der Waals surface area contributed by atoms with Crippen molar-refractivity contribution in [2.75, 3.05) is 25.6 Å². The predicted molar refractivity (Wildman–Crippen MR) is 66.0 cm³/mol. The summed E-state index contributed by atoms with van der Waals surface area (Å²) in [6.45, 7) is 3.68. The maximum Gasteiger partial charge on any atom is 0.134 e. The summed E-state index contributed by atoms with van der Waals surface area (Å²) in [5.41, 5.74) is 0. The molecule has 5 heteroatoms. The average Bonchev–Trinajstić information content (AvgIpc) is 2.28. The molecule has 0 radical (unpaired) electrons. The molecule has 0 aliphatic carbocycles. The highest BCUT2D eigenvalue weighted by molar-refractivity contribution is 6.29. The lowest BCUT2D eigenvalue weighted by molar-refractivity contribution is 0.194. The molecule has 0 atom stereocenters. The van der Waals surface area contributed by atoms with Gasteiger partial charge in [0.2, 0.25) is 0 Å². The van der Waals surface area contributed by atoms with Crippen molar-refractivity contribution in [3.05, 3.63) is 17.0 Å². The molecule has 0 bridgehead atoms. The maximum atomic E-state index is 5.88. The SMILES string of the molecule is CCc1nc(Cl)cc(NCCCCOC)n1. The molecule has 16 heavy (non-hydrogen) atoms. The van der Waals surface area contributed by atoms with Crippen LogP contribution in [0, 0.1) is 0 Å². The number of halogens is 1. The van der Waals surface area contributed by atoms with E-state index in [0.29, 0.717) is 5.15 Å². The van der Waals surface area contributed by atoms with Crippen molar-refractivity contribution in [2.24, 2.45) is 0 Å². The second kappa shape index (κ2) is 7.41. The summed E-state index contributed by atoms with van der Waals surface area (Å²) in [5.74, 6) is 1.57. The lowest BCUT2D eigenvalue weighted by atomic mass is 10.3. The van der Waals surface area contributed by atoms with Crippen LogP contribution < -0.4 is 5.32 Å². The summed E-state index contributed by atoms with van der Waals surface area (Å²) in [4.78, 5) is 8.44. The molecule has 1 aromatic rings. The molecule has 1 rings (SSSR count). The minimum absolute atomic E-state index is 0.492. The number of nitrogens with zero attached hydrogens (tertiary/aromatic N) is 2. The van der Waals surface area contributed by atoms with E-state index in [-0.39, 0.29) is 0 Å². The quantitative estimate of drug-likeness (QED) is 0.591. The Morgan fingerprint density at radius 1 is 1.38 bits per heavy atom. The fourth-order valence-electron chi connectivity index (χ4n) is 1.30. The van der Waals surface area contributed by atoms with Gasteiger partial charge in [-0.3, -0.25) is 0 Å². The Balaban J connectivity index is 2.38. The van der Waals surface area contributed by atoms with Crippen molar-refractivity contribution >= 4 is 17.4 Å². The van der Waals surface area contributed by atoms with Crippen molar-refractivity contribution in [1.29, 1.82) is 0 Å². The Bertz CT molecular complexity index is 320. The number of nitrogens with one attached hydrogen (secondary N) is 1. The van der Waals surface area contributed by atoms with Crippen LogP contribution in [0.25, 0.3) is 0 Å². The standard InChI is InChI=1S/C11H18ClN3O/c1-3-10-14-9(12)8-11(15-10)13-6-4-5-7-16-2/h8H,3-7H2,1-2H3,(H,13,14,15). The van der Waals surface area contributed by atoms with E-state index in [1.54, 1.807) is 13.2 Å². The molecule has 90 valence electrons. The molecule has 0 unspecified atom stereocenters. The smallest absolute Gasteiger partial charge is 0.134 e. The zero-order valence-electron chi connectivity index (χ0n) is 9.79. The predicted octanol–water partition coefficient (Wildman–Crippen LogP) is 2.53. The molecule has 0 aromatic carbocycles. The number of methoxy groups -OCH3 is 1. The van der Waals surface area contributed by atoms with Crippen molar-refractivity contribution in [3.63, 3.8) is 0 Å². The Kier molecular flexibility index (Phi) is 6.11. The number of aromatic nitrogens is 2. The topological polar surface area (TPSA) is 47.0 Å². The first-order valence-electron chi connectivity index (χ1n) is 5.52. The zero-order chi connectivity index (χ0) is 11.8. The molecule has 0 fully saturated rings. The molecule has 0 aliphatic rings. The first-order valence-corrected chi connectivity index (χ1v) is 5.90. The first-order chi connectivity index (χ1) is 7.76. The molecular weight excluding hydrogens is 226 g/mol. The summed E-state index contributed by atoms with van der Waals surface area (Å²) in [7, 11) is 1.71. The van der Waals surface area contributed by atoms with Gasteiger partial charge in [0.1, 0.15) is 16.8 Å². The van der Waals surface area contributed by atoms with Crippen molar-refractivity contribution in [3.8, 4) is 0 Å². The molecule has 1 N–H and O–H groups in total. The number of rotatable bonds is 7. The largest absolute Gasteiger partial charge is 0.385 e. The number of hydrogen-bond donors (Lipinski definition) is 1. The van der Waals surface area contributed by atoms with Crippen molar-refractivity contribution < 1.29 is 4.74 Å². The second-order valence-electron chi connectivity index (χ2n) is 3.47. The molecule has 4 nitrogen and oxygen atoms in total. The number of aryl methyl sites for hydroxylation is 1. The molecule has 0 amide bonds. The van der Waals surface area contributed by atoms with Gasteiger partial charge >= 0.3 is 0 Å². The van der Waals surface area contributed by atoms with E-state index in [4.69, 9.17) is 16.3 Å². The van der Waals surface area contributed by atoms with E-state index < -0.39 is 0 Å². The first kappa shape index (κ1) is 13.2. The van der Waals surface area contributed by atoms with Gasteiger partial charge in [-0.15, -0.1) is 0 Å². The molecule has 0 saturated heterocycles. The van der Waals surface area contributed by atoms with E-state index in [0.717, 1.165) is 44.1 Å². The number of ether oxygens (including phenoxy) is 1. The van der Waals surface area contributed by atoms with Gasteiger partial charge in [-0.25, -0.2) is 9.97 Å². The normalized spacial score (nSPS) is 10.4. The third-order valence-electron chi connectivity index (χ3n) is 2.14. The minimum Gasteiger partial charge on any atom is -0.385 e. The summed E-state index contributed by atoms with van der Waals surface area (Å²) >= 11 is 5.88. The zero-order valence-corrected chi connectivity index (χ0v) is 10.5.